The van der Waals surface area contributed by atoms with Crippen LogP contribution in [-0.4, -0.2) is 14.5 Å². The summed E-state index contributed by atoms with van der Waals surface area (Å²) in [6.45, 7) is 3.53. The first-order chi connectivity index (χ1) is 8.86. The molecule has 1 aliphatic carbocycles. The van der Waals surface area contributed by atoms with E-state index in [2.05, 4.69) is 26.8 Å². The van der Waals surface area contributed by atoms with Crippen molar-refractivity contribution in [2.75, 3.05) is 0 Å². The number of hydrogen-bond acceptors (Lipinski definition) is 4. The van der Waals surface area contributed by atoms with Gasteiger partial charge in [-0.1, -0.05) is 6.92 Å². The van der Waals surface area contributed by atoms with Gasteiger partial charge in [-0.05, 0) is 12.8 Å². The predicted octanol–water partition coefficient (Wildman–Crippen LogP) is 2.06. The van der Waals surface area contributed by atoms with Gasteiger partial charge in [0.05, 0.1) is 24.8 Å². The Morgan fingerprint density at radius 2 is 2.28 bits per heavy atom. The fourth-order valence-electron chi connectivity index (χ4n) is 2.04. The molecule has 1 N–H and O–H groups in total. The molecule has 5 nitrogen and oxygen atoms in total. The number of rotatable bonds is 6. The number of oxazole rings is 1. The Morgan fingerprint density at radius 3 is 3.00 bits per heavy atom. The van der Waals surface area contributed by atoms with Crippen molar-refractivity contribution in [1.82, 2.24) is 19.9 Å². The van der Waals surface area contributed by atoms with Crippen LogP contribution in [-0.2, 0) is 19.5 Å². The van der Waals surface area contributed by atoms with Crippen LogP contribution >= 0.6 is 0 Å². The molecular formula is C13H18N4O. The fraction of sp³-hybridized carbons (Fsp3) is 0.538. The van der Waals surface area contributed by atoms with Gasteiger partial charge in [-0.2, -0.15) is 0 Å². The summed E-state index contributed by atoms with van der Waals surface area (Å²) in [5.41, 5.74) is 1.24. The van der Waals surface area contributed by atoms with Crippen LogP contribution in [0.5, 0.6) is 0 Å². The molecule has 2 heterocycles. The second kappa shape index (κ2) is 4.94. The number of hydrogen-bond donors (Lipinski definition) is 1. The van der Waals surface area contributed by atoms with E-state index in [9.17, 15) is 0 Å². The second-order valence-electron chi connectivity index (χ2n) is 4.70. The molecule has 2 aromatic rings. The Labute approximate surface area is 106 Å². The molecule has 0 unspecified atom stereocenters. The molecule has 3 rings (SSSR count). The summed E-state index contributed by atoms with van der Waals surface area (Å²) in [5.74, 6) is 1.69. The molecule has 96 valence electrons. The maximum absolute atomic E-state index is 5.55. The van der Waals surface area contributed by atoms with E-state index in [4.69, 9.17) is 4.42 Å². The van der Waals surface area contributed by atoms with Crippen LogP contribution in [0.1, 0.15) is 43.2 Å². The highest BCUT2D eigenvalue weighted by molar-refractivity contribution is 5.03. The van der Waals surface area contributed by atoms with E-state index in [0.717, 1.165) is 24.6 Å². The summed E-state index contributed by atoms with van der Waals surface area (Å²) in [4.78, 5) is 8.43. The Morgan fingerprint density at radius 1 is 1.39 bits per heavy atom. The summed E-state index contributed by atoms with van der Waals surface area (Å²) < 4.78 is 7.81. The minimum Gasteiger partial charge on any atom is -0.444 e. The van der Waals surface area contributed by atoms with Gasteiger partial charge in [-0.25, -0.2) is 9.97 Å². The lowest BCUT2D eigenvalue weighted by molar-refractivity contribution is 0.436. The van der Waals surface area contributed by atoms with Crippen molar-refractivity contribution < 1.29 is 4.42 Å². The standard InChI is InChI=1S/C13H18N4O/c1-2-12-7-16-13(18-12)8-14-5-11-6-15-9-17(11)10-3-4-10/h6-7,9-10,14H,2-5,8H2,1H3. The third kappa shape index (κ3) is 2.46. The summed E-state index contributed by atoms with van der Waals surface area (Å²) in [7, 11) is 0. The van der Waals surface area contributed by atoms with Crippen molar-refractivity contribution in [3.8, 4) is 0 Å². The number of aryl methyl sites for hydroxylation is 1. The fourth-order valence-corrected chi connectivity index (χ4v) is 2.04. The average molecular weight is 246 g/mol. The second-order valence-corrected chi connectivity index (χ2v) is 4.70. The molecule has 2 aromatic heterocycles. The van der Waals surface area contributed by atoms with Crippen molar-refractivity contribution in [1.29, 1.82) is 0 Å². The number of nitrogens with one attached hydrogen (secondary N) is 1. The lowest BCUT2D eigenvalue weighted by atomic mass is 10.4. The van der Waals surface area contributed by atoms with E-state index in [-0.39, 0.29) is 0 Å². The average Bonchev–Trinajstić information content (AvgIpc) is 2.95. The normalized spacial score (nSPS) is 15.2. The molecule has 0 radical (unpaired) electrons. The Hall–Kier alpha value is -1.62. The summed E-state index contributed by atoms with van der Waals surface area (Å²) >= 11 is 0. The highest BCUT2D eigenvalue weighted by Gasteiger charge is 2.24. The van der Waals surface area contributed by atoms with Crippen molar-refractivity contribution in [2.24, 2.45) is 0 Å². The molecule has 0 amide bonds. The summed E-state index contributed by atoms with van der Waals surface area (Å²) in [6.07, 6.45) is 9.10. The van der Waals surface area contributed by atoms with Gasteiger partial charge in [0.1, 0.15) is 5.76 Å². The molecular weight excluding hydrogens is 228 g/mol. The number of aromatic nitrogens is 3. The van der Waals surface area contributed by atoms with Gasteiger partial charge >= 0.3 is 0 Å². The summed E-state index contributed by atoms with van der Waals surface area (Å²) in [5, 5.41) is 3.35. The molecule has 18 heavy (non-hydrogen) atoms. The zero-order chi connectivity index (χ0) is 12.4. The minimum absolute atomic E-state index is 0.663. The van der Waals surface area contributed by atoms with Crippen molar-refractivity contribution >= 4 is 0 Å². The molecule has 0 saturated heterocycles. The van der Waals surface area contributed by atoms with Gasteiger partial charge in [-0.15, -0.1) is 0 Å². The van der Waals surface area contributed by atoms with E-state index >= 15 is 0 Å². The lowest BCUT2D eigenvalue weighted by Crippen LogP contribution is -2.15. The van der Waals surface area contributed by atoms with Gasteiger partial charge in [0.25, 0.3) is 0 Å². The van der Waals surface area contributed by atoms with Gasteiger partial charge in [-0.3, -0.25) is 0 Å². The first-order valence-electron chi connectivity index (χ1n) is 6.52. The van der Waals surface area contributed by atoms with Crippen LogP contribution in [0.25, 0.3) is 0 Å². The smallest absolute Gasteiger partial charge is 0.208 e. The largest absolute Gasteiger partial charge is 0.444 e. The Bertz CT molecular complexity index is 513. The van der Waals surface area contributed by atoms with E-state index < -0.39 is 0 Å². The van der Waals surface area contributed by atoms with Gasteiger partial charge in [0.15, 0.2) is 0 Å². The SMILES string of the molecule is CCc1cnc(CNCc2cncn2C2CC2)o1. The van der Waals surface area contributed by atoms with Crippen LogP contribution in [0.3, 0.4) is 0 Å². The highest BCUT2D eigenvalue weighted by atomic mass is 16.4. The monoisotopic (exact) mass is 246 g/mol. The third-order valence-corrected chi connectivity index (χ3v) is 3.22. The molecule has 0 bridgehead atoms. The third-order valence-electron chi connectivity index (χ3n) is 3.22. The molecule has 0 aromatic carbocycles. The molecule has 1 aliphatic rings. The van der Waals surface area contributed by atoms with Crippen LogP contribution in [0.4, 0.5) is 0 Å². The highest BCUT2D eigenvalue weighted by Crippen LogP contribution is 2.35. The topological polar surface area (TPSA) is 55.9 Å². The molecule has 1 saturated carbocycles. The van der Waals surface area contributed by atoms with Crippen molar-refractivity contribution in [3.05, 3.63) is 36.1 Å². The zero-order valence-corrected chi connectivity index (χ0v) is 10.6. The van der Waals surface area contributed by atoms with Gasteiger partial charge in [0, 0.05) is 25.2 Å². The molecule has 0 atom stereocenters. The molecule has 0 aliphatic heterocycles. The van der Waals surface area contributed by atoms with Crippen LogP contribution in [0, 0.1) is 0 Å². The maximum atomic E-state index is 5.55. The van der Waals surface area contributed by atoms with Crippen LogP contribution < -0.4 is 5.32 Å². The minimum atomic E-state index is 0.663. The number of nitrogens with zero attached hydrogens (tertiary/aromatic N) is 3. The lowest BCUT2D eigenvalue weighted by Gasteiger charge is -2.06. The molecule has 1 fully saturated rings. The first-order valence-corrected chi connectivity index (χ1v) is 6.52. The van der Waals surface area contributed by atoms with Crippen molar-refractivity contribution in [3.63, 3.8) is 0 Å². The Kier molecular flexibility index (Phi) is 3.15. The van der Waals surface area contributed by atoms with Crippen LogP contribution in [0.2, 0.25) is 0 Å². The van der Waals surface area contributed by atoms with E-state index in [0.29, 0.717) is 12.6 Å². The number of imidazole rings is 1. The maximum Gasteiger partial charge on any atom is 0.208 e. The van der Waals surface area contributed by atoms with E-state index in [1.807, 2.05) is 12.5 Å². The molecule has 0 spiro atoms. The quantitative estimate of drug-likeness (QED) is 0.847. The van der Waals surface area contributed by atoms with Gasteiger partial charge < -0.3 is 14.3 Å². The van der Waals surface area contributed by atoms with Gasteiger partial charge in [0.2, 0.25) is 5.89 Å². The Balaban J connectivity index is 1.53. The first kappa shape index (κ1) is 11.5. The summed E-state index contributed by atoms with van der Waals surface area (Å²) in [6, 6.07) is 0.678. The van der Waals surface area contributed by atoms with Crippen LogP contribution in [0.15, 0.2) is 23.1 Å². The van der Waals surface area contributed by atoms with E-state index in [1.165, 1.54) is 18.5 Å². The zero-order valence-electron chi connectivity index (χ0n) is 10.6. The van der Waals surface area contributed by atoms with Crippen molar-refractivity contribution in [2.45, 2.75) is 45.3 Å². The molecule has 5 heteroatoms. The van der Waals surface area contributed by atoms with E-state index in [1.54, 1.807) is 6.20 Å². The predicted molar refractivity (Wildman–Crippen MR) is 66.9 cm³/mol.